The molecule has 1 aromatic carbocycles. The van der Waals surface area contributed by atoms with E-state index in [1.807, 2.05) is 37.3 Å². The first-order chi connectivity index (χ1) is 9.04. The standard InChI is InChI=1S/C14H20N2O3/c1-2-6-12(14(18)19)16-13(17)9-11(15)10-7-4-3-5-8-10/h3-5,7-8,11-12H,2,6,9,15H2,1H3,(H,16,17)(H,18,19)/t11?,12-/m1/s1. The fourth-order valence-electron chi connectivity index (χ4n) is 1.82. The van der Waals surface area contributed by atoms with Crippen LogP contribution in [0.25, 0.3) is 0 Å². The van der Waals surface area contributed by atoms with Gasteiger partial charge in [0.2, 0.25) is 5.91 Å². The van der Waals surface area contributed by atoms with Crippen molar-refractivity contribution in [3.8, 4) is 0 Å². The van der Waals surface area contributed by atoms with Crippen LogP contribution in [-0.2, 0) is 9.59 Å². The number of carboxylic acids is 1. The highest BCUT2D eigenvalue weighted by molar-refractivity contribution is 5.83. The maximum Gasteiger partial charge on any atom is 0.326 e. The van der Waals surface area contributed by atoms with Gasteiger partial charge >= 0.3 is 5.97 Å². The summed E-state index contributed by atoms with van der Waals surface area (Å²) in [6.45, 7) is 1.87. The number of hydrogen-bond acceptors (Lipinski definition) is 3. The molecule has 19 heavy (non-hydrogen) atoms. The highest BCUT2D eigenvalue weighted by atomic mass is 16.4. The number of hydrogen-bond donors (Lipinski definition) is 3. The summed E-state index contributed by atoms with van der Waals surface area (Å²) in [5, 5.41) is 11.5. The fraction of sp³-hybridized carbons (Fsp3) is 0.429. The Morgan fingerprint density at radius 2 is 1.95 bits per heavy atom. The van der Waals surface area contributed by atoms with E-state index >= 15 is 0 Å². The Balaban J connectivity index is 2.52. The maximum atomic E-state index is 11.8. The molecule has 4 N–H and O–H groups in total. The molecule has 0 aliphatic rings. The Labute approximate surface area is 112 Å². The zero-order valence-corrected chi connectivity index (χ0v) is 11.0. The number of rotatable bonds is 7. The molecule has 0 fully saturated rings. The molecule has 0 saturated carbocycles. The lowest BCUT2D eigenvalue weighted by molar-refractivity contribution is -0.142. The third kappa shape index (κ3) is 5.09. The second kappa shape index (κ2) is 7.53. The van der Waals surface area contributed by atoms with E-state index in [9.17, 15) is 9.59 Å². The first-order valence-electron chi connectivity index (χ1n) is 6.37. The SMILES string of the molecule is CCC[C@@H](NC(=O)CC(N)c1ccccc1)C(=O)O. The van der Waals surface area contributed by atoms with Crippen LogP contribution in [0, 0.1) is 0 Å². The molecule has 0 aliphatic heterocycles. The predicted molar refractivity (Wildman–Crippen MR) is 72.5 cm³/mol. The quantitative estimate of drug-likeness (QED) is 0.695. The van der Waals surface area contributed by atoms with Crippen molar-refractivity contribution in [1.29, 1.82) is 0 Å². The van der Waals surface area contributed by atoms with Gasteiger partial charge in [-0.15, -0.1) is 0 Å². The molecular weight excluding hydrogens is 244 g/mol. The van der Waals surface area contributed by atoms with Crippen LogP contribution in [0.2, 0.25) is 0 Å². The molecule has 0 heterocycles. The van der Waals surface area contributed by atoms with Crippen molar-refractivity contribution in [1.82, 2.24) is 5.32 Å². The van der Waals surface area contributed by atoms with Crippen molar-refractivity contribution in [2.75, 3.05) is 0 Å². The van der Waals surface area contributed by atoms with Gasteiger partial charge in [-0.3, -0.25) is 4.79 Å². The zero-order chi connectivity index (χ0) is 14.3. The summed E-state index contributed by atoms with van der Waals surface area (Å²) in [6.07, 6.45) is 1.20. The first-order valence-corrected chi connectivity index (χ1v) is 6.37. The average Bonchev–Trinajstić information content (AvgIpc) is 2.39. The van der Waals surface area contributed by atoms with Crippen LogP contribution in [0.3, 0.4) is 0 Å². The third-order valence-electron chi connectivity index (χ3n) is 2.84. The Morgan fingerprint density at radius 1 is 1.32 bits per heavy atom. The summed E-state index contributed by atoms with van der Waals surface area (Å²) in [5.74, 6) is -1.35. The molecule has 0 saturated heterocycles. The number of aliphatic carboxylic acids is 1. The monoisotopic (exact) mass is 264 g/mol. The van der Waals surface area contributed by atoms with E-state index in [4.69, 9.17) is 10.8 Å². The van der Waals surface area contributed by atoms with Crippen molar-refractivity contribution in [3.05, 3.63) is 35.9 Å². The molecule has 0 radical (unpaired) electrons. The van der Waals surface area contributed by atoms with Gasteiger partial charge in [-0.2, -0.15) is 0 Å². The van der Waals surface area contributed by atoms with Gasteiger partial charge in [0.25, 0.3) is 0 Å². The van der Waals surface area contributed by atoms with Gasteiger partial charge in [0.05, 0.1) is 0 Å². The lowest BCUT2D eigenvalue weighted by Gasteiger charge is -2.16. The number of carboxylic acid groups (broad SMARTS) is 1. The van der Waals surface area contributed by atoms with Crippen molar-refractivity contribution >= 4 is 11.9 Å². The Hall–Kier alpha value is -1.88. The fourth-order valence-corrected chi connectivity index (χ4v) is 1.82. The largest absolute Gasteiger partial charge is 0.480 e. The molecule has 0 bridgehead atoms. The molecule has 1 unspecified atom stereocenters. The van der Waals surface area contributed by atoms with E-state index in [0.717, 1.165) is 5.56 Å². The van der Waals surface area contributed by atoms with Crippen LogP contribution in [-0.4, -0.2) is 23.0 Å². The van der Waals surface area contributed by atoms with E-state index in [1.165, 1.54) is 0 Å². The molecule has 0 spiro atoms. The number of carbonyl (C=O) groups excluding carboxylic acids is 1. The van der Waals surface area contributed by atoms with E-state index < -0.39 is 18.1 Å². The van der Waals surface area contributed by atoms with Gasteiger partial charge in [0.15, 0.2) is 0 Å². The lowest BCUT2D eigenvalue weighted by atomic mass is 10.0. The Bertz CT molecular complexity index is 420. The molecule has 1 amide bonds. The molecule has 5 nitrogen and oxygen atoms in total. The van der Waals surface area contributed by atoms with Gasteiger partial charge in [0.1, 0.15) is 6.04 Å². The number of nitrogens with one attached hydrogen (secondary N) is 1. The van der Waals surface area contributed by atoms with Gasteiger partial charge < -0.3 is 16.2 Å². The average molecular weight is 264 g/mol. The van der Waals surface area contributed by atoms with E-state index in [2.05, 4.69) is 5.32 Å². The highest BCUT2D eigenvalue weighted by Gasteiger charge is 2.20. The van der Waals surface area contributed by atoms with E-state index in [-0.39, 0.29) is 12.3 Å². The predicted octanol–water partition coefficient (Wildman–Crippen LogP) is 1.45. The minimum absolute atomic E-state index is 0.0809. The maximum absolute atomic E-state index is 11.8. The van der Waals surface area contributed by atoms with Crippen molar-refractivity contribution in [3.63, 3.8) is 0 Å². The number of benzene rings is 1. The first kappa shape index (κ1) is 15.2. The molecule has 104 valence electrons. The second-order valence-electron chi connectivity index (χ2n) is 4.47. The third-order valence-corrected chi connectivity index (χ3v) is 2.84. The molecule has 1 aromatic rings. The van der Waals surface area contributed by atoms with Crippen molar-refractivity contribution in [2.24, 2.45) is 5.73 Å². The summed E-state index contributed by atoms with van der Waals surface area (Å²) in [6, 6.07) is 8.02. The summed E-state index contributed by atoms with van der Waals surface area (Å²) < 4.78 is 0. The van der Waals surface area contributed by atoms with Gasteiger partial charge in [-0.25, -0.2) is 4.79 Å². The number of nitrogens with two attached hydrogens (primary N) is 1. The van der Waals surface area contributed by atoms with Crippen LogP contribution in [0.15, 0.2) is 30.3 Å². The topological polar surface area (TPSA) is 92.4 Å². The van der Waals surface area contributed by atoms with Crippen LogP contribution in [0.1, 0.15) is 37.8 Å². The summed E-state index contributed by atoms with van der Waals surface area (Å²) >= 11 is 0. The van der Waals surface area contributed by atoms with Crippen LogP contribution in [0.4, 0.5) is 0 Å². The number of carbonyl (C=O) groups is 2. The Morgan fingerprint density at radius 3 is 2.47 bits per heavy atom. The smallest absolute Gasteiger partial charge is 0.326 e. The molecular formula is C14H20N2O3. The zero-order valence-electron chi connectivity index (χ0n) is 11.0. The summed E-state index contributed by atoms with van der Waals surface area (Å²) in [4.78, 5) is 22.7. The van der Waals surface area contributed by atoms with Gasteiger partial charge in [0, 0.05) is 12.5 Å². The normalized spacial score (nSPS) is 13.6. The molecule has 5 heteroatoms. The van der Waals surface area contributed by atoms with Gasteiger partial charge in [-0.1, -0.05) is 43.7 Å². The van der Waals surface area contributed by atoms with Gasteiger partial charge in [-0.05, 0) is 12.0 Å². The molecule has 0 aliphatic carbocycles. The molecule has 0 aromatic heterocycles. The summed E-state index contributed by atoms with van der Waals surface area (Å²) in [7, 11) is 0. The highest BCUT2D eigenvalue weighted by Crippen LogP contribution is 2.13. The lowest BCUT2D eigenvalue weighted by Crippen LogP contribution is -2.41. The van der Waals surface area contributed by atoms with Crippen LogP contribution in [0.5, 0.6) is 0 Å². The second-order valence-corrected chi connectivity index (χ2v) is 4.47. The Kier molecular flexibility index (Phi) is 6.02. The minimum atomic E-state index is -1.01. The van der Waals surface area contributed by atoms with Crippen molar-refractivity contribution in [2.45, 2.75) is 38.3 Å². The summed E-state index contributed by atoms with van der Waals surface area (Å²) in [5.41, 5.74) is 6.77. The molecule has 1 rings (SSSR count). The number of amides is 1. The van der Waals surface area contributed by atoms with Crippen LogP contribution >= 0.6 is 0 Å². The molecule has 2 atom stereocenters. The minimum Gasteiger partial charge on any atom is -0.480 e. The van der Waals surface area contributed by atoms with Crippen molar-refractivity contribution < 1.29 is 14.7 Å². The van der Waals surface area contributed by atoms with Crippen LogP contribution < -0.4 is 11.1 Å². The van der Waals surface area contributed by atoms with E-state index in [1.54, 1.807) is 0 Å². The van der Waals surface area contributed by atoms with E-state index in [0.29, 0.717) is 12.8 Å².